The van der Waals surface area contributed by atoms with Crippen LogP contribution in [0, 0.1) is 342 Å². The number of terminal acetylenes is 1. The standard InChI is InChI=1S/C51H79N5O14.C51H4.H3N5O14.36H2/c1-30-21-31(2)23-42(66-7)46-43(67-8)25-33(4)51(64,70-46)47(60)48(61)56-17-11-9-14-37(56)49(62)69-45(34(5)38(58)27-39(59)36(22-30)13-10-12-20-57)32(3)24-35-15-16-40(41(26-35)65-6)68-50(63)54-18-19-55(29-52)44(53)28-54;1-3-5-7-9-11-13-15-17-19-21-23-25-27-29-31-33-35-37-39-41-43-45-47-49-51-50-48-46-44-42-40-38-36-34-32-30-28-26-24-22-20-18-16-14-12-10-8-6-4-2;1-2-3-4-5(8-12-16-18-14-10-6)9-13-17-19-15-11-7;;;;;;;;;;;;;;;;;;;;;;;;;;;;;;;;;;;;/h10,12,22,24,29,31,33-38,40-43,45-46,52-53,57-58,64H,9,11,13-21,23,25-28H2,1-8H3;1H,2H3;1,6-7H;36*1H/b12-10+,30-22+,32-24+,52-29?,53-44?;;2-1?,4-3+;;;;;;;;;;;;;;;;;;;;;;;;;;;;;;;;;;;;/t31-,33+,34+,35-,36+,37-,38-,40+,41+,42-,43-,45+,46+,51+;;;;;;;;;;;;;;;;;;;;;;;;;;;;;;;;;;;;;;/m0....................................../s1. The minimum absolute atomic E-state index is 0. The average molecular weight is 1970 g/mol. The highest BCUT2D eigenvalue weighted by molar-refractivity contribution is 6.39. The van der Waals surface area contributed by atoms with Crippen LogP contribution in [0.25, 0.3) is 0 Å². The first-order valence-electron chi connectivity index (χ1n) is 41.0. The third-order valence-corrected chi connectivity index (χ3v) is 18.7. The average Bonchev–Trinajstić information content (AvgIpc) is 0.770. The van der Waals surface area contributed by atoms with Crippen LogP contribution in [-0.4, -0.2) is 196 Å². The van der Waals surface area contributed by atoms with Crippen molar-refractivity contribution >= 4 is 41.7 Å². The molecule has 0 aromatic heterocycles. The van der Waals surface area contributed by atoms with Crippen LogP contribution in [0.2, 0.25) is 0 Å². The number of hydrogen-bond donors (Lipinski definition) is 8. The van der Waals surface area contributed by atoms with E-state index in [-0.39, 0.29) is 126 Å². The summed E-state index contributed by atoms with van der Waals surface area (Å²) in [5.41, 5.74) is 7.71. The quantitative estimate of drug-likeness (QED) is 0.00425. The molecule has 0 radical (unpaired) electrons. The Bertz CT molecular complexity index is 6400. The molecule has 5 aliphatic rings. The molecular weight excluding hydrogens is 1810 g/mol. The summed E-state index contributed by atoms with van der Waals surface area (Å²) in [5, 5.41) is 105. The summed E-state index contributed by atoms with van der Waals surface area (Å²) in [7, 11) is 4.55. The van der Waals surface area contributed by atoms with E-state index in [2.05, 4.69) is 366 Å². The molecule has 1 saturated carbocycles. The van der Waals surface area contributed by atoms with Crippen LogP contribution in [0.1, 0.15) is 164 Å². The zero-order valence-corrected chi connectivity index (χ0v) is 76.5. The van der Waals surface area contributed by atoms with Gasteiger partial charge in [0.05, 0.1) is 49.2 Å². The zero-order chi connectivity index (χ0) is 102. The number of fused-ring (bicyclic) bond motifs is 3. The van der Waals surface area contributed by atoms with E-state index in [0.29, 0.717) is 63.6 Å². The van der Waals surface area contributed by atoms with E-state index in [9.17, 15) is 39.3 Å². The summed E-state index contributed by atoms with van der Waals surface area (Å²) in [5.74, 6) is 113. The molecule has 1 aliphatic carbocycles. The second-order valence-electron chi connectivity index (χ2n) is 27.8. The highest BCUT2D eigenvalue weighted by atomic mass is 17.9. The number of aliphatic hydroxyl groups excluding tert-OH is 2. The lowest BCUT2D eigenvalue weighted by atomic mass is 9.81. The summed E-state index contributed by atoms with van der Waals surface area (Å²) < 4.78 is 36.2. The van der Waals surface area contributed by atoms with Crippen molar-refractivity contribution in [2.24, 2.45) is 45.3 Å². The van der Waals surface area contributed by atoms with E-state index >= 15 is 0 Å². The van der Waals surface area contributed by atoms with Crippen molar-refractivity contribution in [3.8, 4) is 297 Å². The van der Waals surface area contributed by atoms with Crippen LogP contribution in [0.3, 0.4) is 0 Å². The van der Waals surface area contributed by atoms with Gasteiger partial charge in [0, 0.05) is 311 Å². The fourth-order valence-electron chi connectivity index (χ4n) is 12.6. The molecule has 0 aromatic rings. The van der Waals surface area contributed by atoms with Crippen LogP contribution in [0.15, 0.2) is 51.1 Å². The Balaban J connectivity index is -0.0000000538. The van der Waals surface area contributed by atoms with Crippen LogP contribution < -0.4 is 0 Å². The van der Waals surface area contributed by atoms with Crippen molar-refractivity contribution in [3.05, 3.63) is 35.5 Å². The molecule has 3 saturated heterocycles. The maximum atomic E-state index is 14.6. The number of carbonyl (C=O) groups excluding carboxylic acids is 5. The summed E-state index contributed by atoms with van der Waals surface area (Å²) in [6.45, 7) is 11.2. The normalized spacial score (nSPS) is 21.4. The molecule has 0 unspecified atom stereocenters. The number of carbonyl (C=O) groups is 5. The third-order valence-electron chi connectivity index (χ3n) is 18.7. The van der Waals surface area contributed by atoms with E-state index < -0.39 is 96.1 Å². The van der Waals surface area contributed by atoms with E-state index in [1.165, 1.54) is 31.1 Å². The van der Waals surface area contributed by atoms with Gasteiger partial charge in [0.15, 0.2) is 0 Å². The largest absolute Gasteiger partial charge is 0.456 e. The van der Waals surface area contributed by atoms with Gasteiger partial charge in [0.1, 0.15) is 36.0 Å². The lowest BCUT2D eigenvalue weighted by Gasteiger charge is -2.47. The number of cyclic esters (lactones) is 1. The van der Waals surface area contributed by atoms with Crippen LogP contribution in [0.5, 0.6) is 0 Å². The number of ketones is 2. The first kappa shape index (κ1) is 117. The van der Waals surface area contributed by atoms with Crippen molar-refractivity contribution in [2.45, 2.75) is 167 Å². The van der Waals surface area contributed by atoms with Crippen molar-refractivity contribution in [1.82, 2.24) is 20.0 Å². The molecule has 0 aromatic carbocycles. The second kappa shape index (κ2) is 74.4. The van der Waals surface area contributed by atoms with Crippen molar-refractivity contribution in [2.75, 3.05) is 54.1 Å². The lowest BCUT2D eigenvalue weighted by molar-refractivity contribution is -0.842. The van der Waals surface area contributed by atoms with Gasteiger partial charge in [-0.15, -0.1) is 6.42 Å². The first-order valence-corrected chi connectivity index (χ1v) is 41.0. The Morgan fingerprint density at radius 3 is 1.46 bits per heavy atom. The Labute approximate surface area is 864 Å². The summed E-state index contributed by atoms with van der Waals surface area (Å²) >= 11 is 0. The topological polar surface area (TPSA) is 474 Å². The predicted octanol–water partition coefficient (Wildman–Crippen LogP) is 13.7. The maximum absolute atomic E-state index is 14.6. The molecule has 4 fully saturated rings. The number of piperazine rings is 1. The SMILES string of the molecule is C#CC#CC#CC#CC#CC#CC#CC#CC#CC#CC#CC#CC#CC#CC#CC#CC#CC#CC#CC#CC#CC#CC#CC#CC#CC.CO[C@H]1C[C@@H](C)C/C(C)=C/[C@@H](C/C=C/CO)C(=O)C[C@H](O)[C@@H](C)[C@@H](/C(C)=C/[C@@H]2CC[C@@H](OC(=O)N3CCN(C=N)C(=N)C3)[C@H](OC)C2)OC(=O)[C@@H]2CCCCN2C(=O)C(=O)[C@]2(O)O[C@H]1[C@@H](OC)C[C@H]2C.N=N/N=N/N(OOOOOOO)OOOOOOO.[HH].[HH].[HH].[HH].[HH].[HH].[HH].[HH].[HH].[HH].[HH].[HH].[HH].[HH].[HH].[HH].[HH].[HH].[HH].[HH].[HH].[HH].[HH].[HH].[HH].[HH].[HH].[HH].[HH].[HH].[HH].[HH].[HH].[HH].[HH].[HH]. The summed E-state index contributed by atoms with van der Waals surface area (Å²) in [6.07, 6.45) is 10.6. The summed E-state index contributed by atoms with van der Waals surface area (Å²) in [6, 6.07) is -1.21. The fraction of sp³-hybridized carbons (Fsp3) is 0.382. The number of methoxy groups -OCH3 is 3. The summed E-state index contributed by atoms with van der Waals surface area (Å²) in [4.78, 5) is 82.6. The molecule has 140 heavy (non-hydrogen) atoms. The number of Topliss-reactive ketones (excluding diaryl/α,β-unsaturated/α-hetero) is 2. The molecule has 2 bridgehead atoms. The Morgan fingerprint density at radius 1 is 0.593 bits per heavy atom. The second-order valence-corrected chi connectivity index (χ2v) is 27.8. The number of nitrogens with one attached hydrogen (secondary N) is 3. The number of rotatable bonds is 24. The molecule has 0 spiro atoms. The predicted molar refractivity (Wildman–Crippen MR) is 565 cm³/mol. The number of piperidine rings is 1. The van der Waals surface area contributed by atoms with Gasteiger partial charge in [-0.3, -0.25) is 30.1 Å². The molecule has 8 N–H and O–H groups in total. The van der Waals surface area contributed by atoms with Gasteiger partial charge >= 0.3 is 12.1 Å². The Morgan fingerprint density at radius 2 is 1.04 bits per heavy atom. The van der Waals surface area contributed by atoms with Crippen molar-refractivity contribution < 1.29 is 190 Å². The maximum Gasteiger partial charge on any atom is 0.410 e. The van der Waals surface area contributed by atoms with E-state index in [4.69, 9.17) is 61.7 Å². The highest BCUT2D eigenvalue weighted by Gasteiger charge is 2.57. The minimum Gasteiger partial charge on any atom is -0.456 e. The van der Waals surface area contributed by atoms with E-state index in [1.807, 2.05) is 26.0 Å². The number of amides is 2. The zero-order valence-electron chi connectivity index (χ0n) is 76.5. The minimum atomic E-state index is -2.56. The monoisotopic (exact) mass is 1970 g/mol. The Hall–Kier alpha value is -16.9. The fourth-order valence-corrected chi connectivity index (χ4v) is 12.6. The molecule has 14 atom stereocenters. The molecule has 38 heteroatoms. The van der Waals surface area contributed by atoms with Gasteiger partial charge in [-0.2, -0.15) is 5.53 Å². The number of esters is 1. The van der Waals surface area contributed by atoms with Crippen molar-refractivity contribution in [3.63, 3.8) is 0 Å². The van der Waals surface area contributed by atoms with Crippen LogP contribution in [0.4, 0.5) is 4.79 Å². The molecular formula is C102H158N10O28. The van der Waals surface area contributed by atoms with Gasteiger partial charge in [-0.05, 0) is 268 Å². The third kappa shape index (κ3) is 49.3. The van der Waals surface area contributed by atoms with Crippen LogP contribution >= 0.6 is 0 Å². The number of allylic oxidation sites excluding steroid dienone is 4. The number of amidine groups is 1. The number of ether oxygens (including phenoxy) is 6. The molecule has 5 rings (SSSR count). The van der Waals surface area contributed by atoms with Gasteiger partial charge in [-0.1, -0.05) is 56.6 Å². The van der Waals surface area contributed by atoms with Gasteiger partial charge in [0.2, 0.25) is 5.79 Å². The van der Waals surface area contributed by atoms with Gasteiger partial charge < -0.3 is 53.5 Å². The van der Waals surface area contributed by atoms with Gasteiger partial charge in [-0.25, -0.2) is 20.1 Å². The molecule has 784 valence electrons. The van der Waals surface area contributed by atoms with Crippen LogP contribution in [-0.2, 0) is 108 Å². The molecule has 4 aliphatic heterocycles. The first-order chi connectivity index (χ1) is 68.1. The molecule has 4 heterocycles. The number of aliphatic hydroxyl groups is 3. The smallest absolute Gasteiger partial charge is 0.410 e. The van der Waals surface area contributed by atoms with Crippen molar-refractivity contribution in [1.29, 1.82) is 16.3 Å². The molecule has 2 amide bonds. The van der Waals surface area contributed by atoms with Gasteiger partial charge in [0.25, 0.3) is 11.7 Å². The van der Waals surface area contributed by atoms with E-state index in [0.717, 1.165) is 16.8 Å². The van der Waals surface area contributed by atoms with E-state index in [1.54, 1.807) is 39.8 Å². The highest BCUT2D eigenvalue weighted by Crippen LogP contribution is 2.40. The number of hydrogen-bond acceptors (Lipinski definition) is 32. The Kier molecular flexibility index (Phi) is 62.3. The lowest BCUT2D eigenvalue weighted by Crippen LogP contribution is -2.64. The number of nitrogens with zero attached hydrogens (tertiary/aromatic N) is 7. The molecule has 38 nitrogen and oxygen atoms in total.